The van der Waals surface area contributed by atoms with Gasteiger partial charge in [-0.25, -0.2) is 0 Å². The third-order valence-electron chi connectivity index (χ3n) is 4.42. The van der Waals surface area contributed by atoms with E-state index in [2.05, 4.69) is 64.1 Å². The van der Waals surface area contributed by atoms with E-state index in [0.717, 1.165) is 24.5 Å². The molecule has 3 nitrogen and oxygen atoms in total. The van der Waals surface area contributed by atoms with Crippen LogP contribution in [-0.2, 0) is 0 Å². The summed E-state index contributed by atoms with van der Waals surface area (Å²) in [6.45, 7) is 4.63. The Labute approximate surface area is 139 Å². The molecular weight excluding hydrogens is 282 g/mol. The van der Waals surface area contributed by atoms with Gasteiger partial charge in [0, 0.05) is 18.8 Å². The smallest absolute Gasteiger partial charge is 0.0620 e. The number of rotatable bonds is 6. The Morgan fingerprint density at radius 1 is 0.739 bits per heavy atom. The lowest BCUT2D eigenvalue weighted by Crippen LogP contribution is -2.30. The van der Waals surface area contributed by atoms with Gasteiger partial charge in [0.2, 0.25) is 0 Å². The third-order valence-corrected chi connectivity index (χ3v) is 4.42. The summed E-state index contributed by atoms with van der Waals surface area (Å²) in [5.74, 6) is 0. The Kier molecular flexibility index (Phi) is 5.93. The quantitative estimate of drug-likeness (QED) is 0.808. The van der Waals surface area contributed by atoms with Crippen LogP contribution >= 0.6 is 0 Å². The first-order valence-corrected chi connectivity index (χ1v) is 8.79. The summed E-state index contributed by atoms with van der Waals surface area (Å²) in [5, 5.41) is 7.09. The molecule has 3 heteroatoms. The van der Waals surface area contributed by atoms with Gasteiger partial charge in [0.1, 0.15) is 0 Å². The molecule has 0 aromatic heterocycles. The number of para-hydroxylation sites is 3. The normalized spacial score (nSPS) is 15.8. The van der Waals surface area contributed by atoms with Gasteiger partial charge in [-0.05, 0) is 50.2 Å². The van der Waals surface area contributed by atoms with Crippen LogP contribution in [-0.4, -0.2) is 31.1 Å². The van der Waals surface area contributed by atoms with E-state index in [4.69, 9.17) is 0 Å². The average Bonchev–Trinajstić information content (AvgIpc) is 2.86. The van der Waals surface area contributed by atoms with Gasteiger partial charge in [-0.3, -0.25) is 0 Å². The summed E-state index contributed by atoms with van der Waals surface area (Å²) in [5.41, 5.74) is 3.43. The Hall–Kier alpha value is -2.00. The van der Waals surface area contributed by atoms with Crippen molar-refractivity contribution in [1.29, 1.82) is 0 Å². The van der Waals surface area contributed by atoms with Gasteiger partial charge in [0.05, 0.1) is 11.4 Å². The number of hydrogen-bond donors (Lipinski definition) is 2. The molecule has 0 unspecified atom stereocenters. The number of benzene rings is 2. The second-order valence-electron chi connectivity index (χ2n) is 6.22. The predicted octanol–water partition coefficient (Wildman–Crippen LogP) is 4.72. The molecule has 1 saturated heterocycles. The highest BCUT2D eigenvalue weighted by molar-refractivity contribution is 5.74. The summed E-state index contributed by atoms with van der Waals surface area (Å²) in [6, 6.07) is 18.8. The van der Waals surface area contributed by atoms with Crippen LogP contribution < -0.4 is 10.6 Å². The van der Waals surface area contributed by atoms with Crippen molar-refractivity contribution in [2.24, 2.45) is 0 Å². The molecule has 1 fully saturated rings. The van der Waals surface area contributed by atoms with Gasteiger partial charge in [-0.1, -0.05) is 43.2 Å². The van der Waals surface area contributed by atoms with Crippen LogP contribution in [0.25, 0.3) is 0 Å². The van der Waals surface area contributed by atoms with E-state index < -0.39 is 0 Å². The van der Waals surface area contributed by atoms with E-state index in [1.807, 2.05) is 6.07 Å². The molecule has 2 aromatic rings. The van der Waals surface area contributed by atoms with Crippen LogP contribution in [0.2, 0.25) is 0 Å². The van der Waals surface area contributed by atoms with Crippen molar-refractivity contribution < 1.29 is 0 Å². The topological polar surface area (TPSA) is 27.3 Å². The summed E-state index contributed by atoms with van der Waals surface area (Å²) >= 11 is 0. The van der Waals surface area contributed by atoms with E-state index in [-0.39, 0.29) is 0 Å². The Morgan fingerprint density at radius 3 is 2.13 bits per heavy atom. The lowest BCUT2D eigenvalue weighted by Gasteiger charge is -2.21. The first kappa shape index (κ1) is 15.9. The van der Waals surface area contributed by atoms with E-state index in [9.17, 15) is 0 Å². The highest BCUT2D eigenvalue weighted by Gasteiger charge is 2.08. The van der Waals surface area contributed by atoms with Crippen molar-refractivity contribution in [2.45, 2.75) is 25.7 Å². The Morgan fingerprint density at radius 2 is 1.39 bits per heavy atom. The minimum Gasteiger partial charge on any atom is -0.382 e. The predicted molar refractivity (Wildman–Crippen MR) is 99.6 cm³/mol. The molecule has 0 atom stereocenters. The maximum atomic E-state index is 3.60. The van der Waals surface area contributed by atoms with Gasteiger partial charge in [-0.2, -0.15) is 0 Å². The molecule has 0 aliphatic carbocycles. The molecule has 0 bridgehead atoms. The maximum Gasteiger partial charge on any atom is 0.0620 e. The largest absolute Gasteiger partial charge is 0.382 e. The van der Waals surface area contributed by atoms with Crippen LogP contribution in [0.15, 0.2) is 54.6 Å². The van der Waals surface area contributed by atoms with Crippen LogP contribution in [0.3, 0.4) is 0 Å². The fourth-order valence-corrected chi connectivity index (χ4v) is 3.13. The lowest BCUT2D eigenvalue weighted by atomic mass is 10.2. The maximum absolute atomic E-state index is 3.60. The van der Waals surface area contributed by atoms with E-state index in [0.29, 0.717) is 0 Å². The molecule has 1 aliphatic heterocycles. The van der Waals surface area contributed by atoms with Crippen molar-refractivity contribution in [3.8, 4) is 0 Å². The standard InChI is InChI=1S/C20H27N3/c1-2-9-16-23(15-8-1)17-14-21-19-12-6-7-13-20(19)22-18-10-4-3-5-11-18/h3-7,10-13,21-22H,1-2,8-9,14-17H2. The van der Waals surface area contributed by atoms with Crippen LogP contribution in [0.5, 0.6) is 0 Å². The van der Waals surface area contributed by atoms with Crippen molar-refractivity contribution in [3.63, 3.8) is 0 Å². The zero-order valence-corrected chi connectivity index (χ0v) is 13.8. The third kappa shape index (κ3) is 5.00. The second-order valence-corrected chi connectivity index (χ2v) is 6.22. The lowest BCUT2D eigenvalue weighted by molar-refractivity contribution is 0.296. The van der Waals surface area contributed by atoms with Crippen LogP contribution in [0.1, 0.15) is 25.7 Å². The van der Waals surface area contributed by atoms with Crippen molar-refractivity contribution in [3.05, 3.63) is 54.6 Å². The van der Waals surface area contributed by atoms with Gasteiger partial charge in [-0.15, -0.1) is 0 Å². The van der Waals surface area contributed by atoms with Crippen LogP contribution in [0, 0.1) is 0 Å². The van der Waals surface area contributed by atoms with Crippen molar-refractivity contribution in [2.75, 3.05) is 36.8 Å². The second kappa shape index (κ2) is 8.59. The summed E-state index contributed by atoms with van der Waals surface area (Å²) < 4.78 is 0. The van der Waals surface area contributed by atoms with E-state index in [1.165, 1.54) is 44.5 Å². The fourth-order valence-electron chi connectivity index (χ4n) is 3.13. The Bertz CT molecular complexity index is 574. The number of anilines is 3. The number of hydrogen-bond acceptors (Lipinski definition) is 3. The summed E-state index contributed by atoms with van der Waals surface area (Å²) in [4.78, 5) is 2.59. The van der Waals surface area contributed by atoms with Gasteiger partial charge >= 0.3 is 0 Å². The van der Waals surface area contributed by atoms with Gasteiger partial charge in [0.25, 0.3) is 0 Å². The highest BCUT2D eigenvalue weighted by Crippen LogP contribution is 2.24. The summed E-state index contributed by atoms with van der Waals surface area (Å²) in [7, 11) is 0. The number of likely N-dealkylation sites (tertiary alicyclic amines) is 1. The van der Waals surface area contributed by atoms with Gasteiger partial charge in [0.15, 0.2) is 0 Å². The molecule has 23 heavy (non-hydrogen) atoms. The first-order valence-electron chi connectivity index (χ1n) is 8.79. The molecule has 2 aromatic carbocycles. The zero-order chi connectivity index (χ0) is 15.7. The summed E-state index contributed by atoms with van der Waals surface area (Å²) in [6.07, 6.45) is 5.50. The molecule has 1 aliphatic rings. The Balaban J connectivity index is 1.55. The monoisotopic (exact) mass is 309 g/mol. The molecule has 2 N–H and O–H groups in total. The van der Waals surface area contributed by atoms with E-state index in [1.54, 1.807) is 0 Å². The molecule has 0 saturated carbocycles. The molecule has 0 spiro atoms. The van der Waals surface area contributed by atoms with Crippen molar-refractivity contribution >= 4 is 17.1 Å². The molecule has 3 rings (SSSR count). The minimum atomic E-state index is 0.994. The number of nitrogens with one attached hydrogen (secondary N) is 2. The highest BCUT2D eigenvalue weighted by atomic mass is 15.1. The molecule has 122 valence electrons. The number of nitrogens with zero attached hydrogens (tertiary/aromatic N) is 1. The minimum absolute atomic E-state index is 0.994. The first-order chi connectivity index (χ1) is 11.4. The molecule has 1 heterocycles. The SMILES string of the molecule is c1ccc(Nc2ccccc2NCCN2CCCCCC2)cc1. The van der Waals surface area contributed by atoms with E-state index >= 15 is 0 Å². The van der Waals surface area contributed by atoms with Crippen LogP contribution in [0.4, 0.5) is 17.1 Å². The average molecular weight is 309 g/mol. The molecule has 0 amide bonds. The van der Waals surface area contributed by atoms with Crippen molar-refractivity contribution in [1.82, 2.24) is 4.90 Å². The zero-order valence-electron chi connectivity index (χ0n) is 13.8. The molecular formula is C20H27N3. The molecule has 0 radical (unpaired) electrons. The van der Waals surface area contributed by atoms with Gasteiger partial charge < -0.3 is 15.5 Å². The fraction of sp³-hybridized carbons (Fsp3) is 0.400.